The summed E-state index contributed by atoms with van der Waals surface area (Å²) >= 11 is 1.26. The van der Waals surface area contributed by atoms with Crippen molar-refractivity contribution in [3.05, 3.63) is 113 Å². The highest BCUT2D eigenvalue weighted by molar-refractivity contribution is 7.18. The predicted molar refractivity (Wildman–Crippen MR) is 122 cm³/mol. The lowest BCUT2D eigenvalue weighted by molar-refractivity contribution is 0.0749. The van der Waals surface area contributed by atoms with E-state index in [0.29, 0.717) is 23.0 Å². The van der Waals surface area contributed by atoms with Gasteiger partial charge in [0.1, 0.15) is 0 Å². The van der Waals surface area contributed by atoms with Gasteiger partial charge in [-0.05, 0) is 41.8 Å². The molecule has 4 aromatic rings. The molecule has 0 radical (unpaired) electrons. The lowest BCUT2D eigenvalue weighted by Crippen LogP contribution is -2.32. The van der Waals surface area contributed by atoms with Crippen LogP contribution in [-0.4, -0.2) is 23.3 Å². The third-order valence-corrected chi connectivity index (χ3v) is 5.80. The topological polar surface area (TPSA) is 62.6 Å². The summed E-state index contributed by atoms with van der Waals surface area (Å²) < 4.78 is 5.12. The van der Waals surface area contributed by atoms with Crippen LogP contribution in [0.3, 0.4) is 0 Å². The van der Waals surface area contributed by atoms with E-state index in [1.807, 2.05) is 53.4 Å². The molecule has 0 spiro atoms. The first-order valence-electron chi connectivity index (χ1n) is 10.0. The Balaban J connectivity index is 1.48. The summed E-state index contributed by atoms with van der Waals surface area (Å²) in [7, 11) is 0. The first-order chi connectivity index (χ1) is 15.2. The number of benzene rings is 2. The Bertz CT molecular complexity index is 1120. The van der Waals surface area contributed by atoms with Crippen LogP contribution >= 0.6 is 11.3 Å². The molecule has 0 aliphatic heterocycles. The minimum Gasteiger partial charge on any atom is -0.459 e. The number of amides is 2. The van der Waals surface area contributed by atoms with Crippen LogP contribution in [0, 0.1) is 0 Å². The molecule has 2 heterocycles. The van der Waals surface area contributed by atoms with Crippen molar-refractivity contribution in [1.29, 1.82) is 0 Å². The number of thiophene rings is 1. The van der Waals surface area contributed by atoms with E-state index >= 15 is 0 Å². The van der Waals surface area contributed by atoms with E-state index in [1.54, 1.807) is 24.3 Å². The molecule has 0 bridgehead atoms. The van der Waals surface area contributed by atoms with Crippen LogP contribution in [0.4, 0.5) is 5.00 Å². The van der Waals surface area contributed by atoms with Crippen LogP contribution in [0.25, 0.3) is 0 Å². The maximum atomic E-state index is 13.3. The maximum absolute atomic E-state index is 13.3. The Hall–Kier alpha value is -3.64. The van der Waals surface area contributed by atoms with Gasteiger partial charge in [0.05, 0.1) is 16.1 Å². The molecule has 0 aliphatic rings. The second-order valence-corrected chi connectivity index (χ2v) is 8.13. The van der Waals surface area contributed by atoms with E-state index in [0.717, 1.165) is 12.0 Å². The number of furan rings is 1. The summed E-state index contributed by atoms with van der Waals surface area (Å²) in [5.74, 6) is -0.158. The monoisotopic (exact) mass is 430 g/mol. The quantitative estimate of drug-likeness (QED) is 0.403. The number of anilines is 1. The standard InChI is InChI=1S/C25H22N2O3S/c28-24(21-12-7-17-30-21)26-23-14-13-22(31-23)25(29)27(18-20-10-5-2-6-11-20)16-15-19-8-3-1-4-9-19/h1-14,17H,15-16,18H2,(H,26,28). The smallest absolute Gasteiger partial charge is 0.291 e. The molecule has 0 saturated heterocycles. The van der Waals surface area contributed by atoms with Crippen molar-refractivity contribution in [1.82, 2.24) is 4.90 Å². The van der Waals surface area contributed by atoms with E-state index in [9.17, 15) is 9.59 Å². The first kappa shape index (κ1) is 20.6. The Morgan fingerprint density at radius 2 is 1.55 bits per heavy atom. The van der Waals surface area contributed by atoms with Crippen molar-refractivity contribution in [3.63, 3.8) is 0 Å². The molecule has 2 aromatic heterocycles. The van der Waals surface area contributed by atoms with Crippen LogP contribution in [0.1, 0.15) is 31.4 Å². The summed E-state index contributed by atoms with van der Waals surface area (Å²) in [4.78, 5) is 27.9. The van der Waals surface area contributed by atoms with Crippen LogP contribution < -0.4 is 5.32 Å². The highest BCUT2D eigenvalue weighted by Crippen LogP contribution is 2.25. The molecule has 2 amide bonds. The SMILES string of the molecule is O=C(Nc1ccc(C(=O)N(CCc2ccccc2)Cc2ccccc2)s1)c1ccco1. The van der Waals surface area contributed by atoms with E-state index in [-0.39, 0.29) is 17.6 Å². The Labute approximate surface area is 184 Å². The number of carbonyl (C=O) groups excluding carboxylic acids is 2. The van der Waals surface area contributed by atoms with E-state index in [2.05, 4.69) is 17.4 Å². The minimum absolute atomic E-state index is 0.0525. The predicted octanol–water partition coefficient (Wildman–Crippen LogP) is 5.48. The highest BCUT2D eigenvalue weighted by atomic mass is 32.1. The van der Waals surface area contributed by atoms with Gasteiger partial charge in [-0.3, -0.25) is 9.59 Å². The number of hydrogen-bond acceptors (Lipinski definition) is 4. The van der Waals surface area contributed by atoms with Gasteiger partial charge in [-0.2, -0.15) is 0 Å². The number of nitrogens with one attached hydrogen (secondary N) is 1. The molecule has 5 nitrogen and oxygen atoms in total. The molecule has 0 atom stereocenters. The van der Waals surface area contributed by atoms with E-state index < -0.39 is 0 Å². The van der Waals surface area contributed by atoms with Crippen molar-refractivity contribution in [2.24, 2.45) is 0 Å². The maximum Gasteiger partial charge on any atom is 0.291 e. The fourth-order valence-corrected chi connectivity index (χ4v) is 4.09. The minimum atomic E-state index is -0.337. The van der Waals surface area contributed by atoms with E-state index in [1.165, 1.54) is 23.2 Å². The summed E-state index contributed by atoms with van der Waals surface area (Å²) in [6, 6.07) is 26.8. The number of nitrogens with zero attached hydrogens (tertiary/aromatic N) is 1. The third-order valence-electron chi connectivity index (χ3n) is 4.82. The van der Waals surface area contributed by atoms with Gasteiger partial charge >= 0.3 is 0 Å². The van der Waals surface area contributed by atoms with Crippen LogP contribution in [0.5, 0.6) is 0 Å². The van der Waals surface area contributed by atoms with Gasteiger partial charge in [-0.25, -0.2) is 0 Å². The zero-order valence-corrected chi connectivity index (χ0v) is 17.7. The van der Waals surface area contributed by atoms with Crippen LogP contribution in [0.2, 0.25) is 0 Å². The molecule has 0 aliphatic carbocycles. The average molecular weight is 431 g/mol. The molecule has 0 saturated carbocycles. The summed E-state index contributed by atoms with van der Waals surface area (Å²) in [6.07, 6.45) is 2.22. The van der Waals surface area contributed by atoms with Crippen molar-refractivity contribution in [2.45, 2.75) is 13.0 Å². The van der Waals surface area contributed by atoms with Gasteiger partial charge in [-0.15, -0.1) is 11.3 Å². The number of carbonyl (C=O) groups is 2. The largest absolute Gasteiger partial charge is 0.459 e. The summed E-state index contributed by atoms with van der Waals surface area (Å²) in [5, 5.41) is 3.39. The van der Waals surface area contributed by atoms with Gasteiger partial charge in [0.15, 0.2) is 5.76 Å². The van der Waals surface area contributed by atoms with Crippen LogP contribution in [0.15, 0.2) is 95.6 Å². The number of hydrogen-bond donors (Lipinski definition) is 1. The first-order valence-corrected chi connectivity index (χ1v) is 10.8. The number of rotatable bonds is 8. The molecule has 6 heteroatoms. The second kappa shape index (κ2) is 9.91. The molecule has 156 valence electrons. The third kappa shape index (κ3) is 5.49. The molecule has 0 unspecified atom stereocenters. The zero-order valence-electron chi connectivity index (χ0n) is 16.9. The normalized spacial score (nSPS) is 10.6. The van der Waals surface area contributed by atoms with Gasteiger partial charge in [0.25, 0.3) is 11.8 Å². The molecule has 31 heavy (non-hydrogen) atoms. The van der Waals surface area contributed by atoms with Gasteiger partial charge in [-0.1, -0.05) is 60.7 Å². The Kier molecular flexibility index (Phi) is 6.59. The Morgan fingerprint density at radius 1 is 0.839 bits per heavy atom. The fourth-order valence-electron chi connectivity index (χ4n) is 3.22. The Morgan fingerprint density at radius 3 is 2.23 bits per heavy atom. The van der Waals surface area contributed by atoms with Gasteiger partial charge < -0.3 is 14.6 Å². The van der Waals surface area contributed by atoms with Gasteiger partial charge in [0.2, 0.25) is 0 Å². The van der Waals surface area contributed by atoms with Crippen LogP contribution in [-0.2, 0) is 13.0 Å². The van der Waals surface area contributed by atoms with Crippen molar-refractivity contribution in [2.75, 3.05) is 11.9 Å². The molecular formula is C25H22N2O3S. The van der Waals surface area contributed by atoms with Gasteiger partial charge in [0, 0.05) is 13.1 Å². The molecule has 1 N–H and O–H groups in total. The molecular weight excluding hydrogens is 408 g/mol. The lowest BCUT2D eigenvalue weighted by atomic mass is 10.1. The zero-order chi connectivity index (χ0) is 21.5. The average Bonchev–Trinajstić information content (AvgIpc) is 3.50. The highest BCUT2D eigenvalue weighted by Gasteiger charge is 2.19. The van der Waals surface area contributed by atoms with E-state index in [4.69, 9.17) is 4.42 Å². The molecule has 2 aromatic carbocycles. The summed E-state index contributed by atoms with van der Waals surface area (Å²) in [5.41, 5.74) is 2.26. The second-order valence-electron chi connectivity index (χ2n) is 7.04. The fraction of sp³-hybridized carbons (Fsp3) is 0.120. The summed E-state index contributed by atoms with van der Waals surface area (Å²) in [6.45, 7) is 1.13. The lowest BCUT2D eigenvalue weighted by Gasteiger charge is -2.22. The molecule has 0 fully saturated rings. The van der Waals surface area contributed by atoms with Crippen molar-refractivity contribution >= 4 is 28.2 Å². The van der Waals surface area contributed by atoms with Crippen molar-refractivity contribution < 1.29 is 14.0 Å². The van der Waals surface area contributed by atoms with Crippen molar-refractivity contribution in [3.8, 4) is 0 Å². The molecule has 4 rings (SSSR count).